The number of pyridine rings is 1. The molecule has 0 saturated heterocycles. The standard InChI is InChI=1S/C9H10N2O2/c1-7-8(3-2-4-10-7)9-11-13-6-5-12-9/h2-4H,5-6H2,1H3. The second kappa shape index (κ2) is 3.43. The van der Waals surface area contributed by atoms with Crippen molar-refractivity contribution in [3.63, 3.8) is 0 Å². The predicted octanol–water partition coefficient (Wildman–Crippen LogP) is 1.10. The molecule has 0 radical (unpaired) electrons. The fraction of sp³-hybridized carbons (Fsp3) is 0.333. The van der Waals surface area contributed by atoms with Crippen molar-refractivity contribution in [2.45, 2.75) is 6.92 Å². The van der Waals surface area contributed by atoms with Crippen molar-refractivity contribution in [3.8, 4) is 0 Å². The summed E-state index contributed by atoms with van der Waals surface area (Å²) in [4.78, 5) is 9.06. The van der Waals surface area contributed by atoms with Gasteiger partial charge in [-0.25, -0.2) is 0 Å². The second-order valence-electron chi connectivity index (χ2n) is 2.71. The quantitative estimate of drug-likeness (QED) is 0.646. The minimum absolute atomic E-state index is 0.517. The fourth-order valence-electron chi connectivity index (χ4n) is 1.14. The molecule has 0 bridgehead atoms. The van der Waals surface area contributed by atoms with Gasteiger partial charge in [0.15, 0.2) is 6.61 Å². The van der Waals surface area contributed by atoms with Crippen molar-refractivity contribution in [3.05, 3.63) is 29.6 Å². The molecule has 0 aliphatic carbocycles. The monoisotopic (exact) mass is 178 g/mol. The number of rotatable bonds is 1. The van der Waals surface area contributed by atoms with Crippen molar-refractivity contribution in [2.24, 2.45) is 5.16 Å². The Labute approximate surface area is 76.2 Å². The molecule has 4 heteroatoms. The van der Waals surface area contributed by atoms with Gasteiger partial charge < -0.3 is 9.57 Å². The molecule has 0 saturated carbocycles. The Morgan fingerprint density at radius 2 is 2.31 bits per heavy atom. The molecule has 0 spiro atoms. The smallest absolute Gasteiger partial charge is 0.259 e. The number of hydrogen-bond acceptors (Lipinski definition) is 4. The van der Waals surface area contributed by atoms with E-state index < -0.39 is 0 Å². The number of aromatic nitrogens is 1. The maximum absolute atomic E-state index is 5.33. The van der Waals surface area contributed by atoms with Crippen LogP contribution < -0.4 is 0 Å². The lowest BCUT2D eigenvalue weighted by molar-refractivity contribution is 0.0655. The highest BCUT2D eigenvalue weighted by molar-refractivity contribution is 5.94. The van der Waals surface area contributed by atoms with Gasteiger partial charge in [-0.05, 0) is 24.2 Å². The highest BCUT2D eigenvalue weighted by Gasteiger charge is 2.12. The van der Waals surface area contributed by atoms with Gasteiger partial charge in [0.1, 0.15) is 6.61 Å². The zero-order valence-electron chi connectivity index (χ0n) is 7.36. The van der Waals surface area contributed by atoms with E-state index in [0.717, 1.165) is 11.3 Å². The lowest BCUT2D eigenvalue weighted by Gasteiger charge is -2.14. The lowest BCUT2D eigenvalue weighted by Crippen LogP contribution is -2.18. The molecular weight excluding hydrogens is 168 g/mol. The van der Waals surface area contributed by atoms with E-state index in [1.807, 2.05) is 19.1 Å². The molecule has 4 nitrogen and oxygen atoms in total. The van der Waals surface area contributed by atoms with Gasteiger partial charge in [-0.15, -0.1) is 0 Å². The molecule has 0 unspecified atom stereocenters. The largest absolute Gasteiger partial charge is 0.471 e. The number of aryl methyl sites for hydroxylation is 1. The van der Waals surface area contributed by atoms with Crippen molar-refractivity contribution in [2.75, 3.05) is 13.2 Å². The van der Waals surface area contributed by atoms with Crippen LogP contribution in [-0.2, 0) is 9.57 Å². The van der Waals surface area contributed by atoms with E-state index in [2.05, 4.69) is 10.1 Å². The number of oxime groups is 1. The summed E-state index contributed by atoms with van der Waals surface area (Å²) in [6.07, 6.45) is 1.74. The Morgan fingerprint density at radius 3 is 3.00 bits per heavy atom. The molecule has 2 rings (SSSR count). The first-order chi connectivity index (χ1) is 6.38. The zero-order chi connectivity index (χ0) is 9.10. The highest BCUT2D eigenvalue weighted by atomic mass is 16.7. The normalized spacial score (nSPS) is 15.6. The van der Waals surface area contributed by atoms with Gasteiger partial charge in [0.25, 0.3) is 5.90 Å². The summed E-state index contributed by atoms with van der Waals surface area (Å²) in [5.41, 5.74) is 1.79. The Kier molecular flexibility index (Phi) is 2.12. The molecule has 0 aromatic carbocycles. The van der Waals surface area contributed by atoms with Crippen LogP contribution in [0.1, 0.15) is 11.3 Å². The van der Waals surface area contributed by atoms with Gasteiger partial charge in [0, 0.05) is 11.9 Å². The van der Waals surface area contributed by atoms with E-state index in [-0.39, 0.29) is 0 Å². The van der Waals surface area contributed by atoms with Crippen LogP contribution in [0.25, 0.3) is 0 Å². The van der Waals surface area contributed by atoms with E-state index in [9.17, 15) is 0 Å². The molecule has 1 aliphatic rings. The first kappa shape index (κ1) is 8.04. The minimum Gasteiger partial charge on any atom is -0.471 e. The Hall–Kier alpha value is -1.58. The summed E-state index contributed by atoms with van der Waals surface area (Å²) in [6.45, 7) is 2.98. The van der Waals surface area contributed by atoms with E-state index in [4.69, 9.17) is 9.57 Å². The third kappa shape index (κ3) is 1.61. The van der Waals surface area contributed by atoms with Gasteiger partial charge in [0.2, 0.25) is 0 Å². The minimum atomic E-state index is 0.517. The van der Waals surface area contributed by atoms with Crippen LogP contribution in [0.3, 0.4) is 0 Å². The molecule has 13 heavy (non-hydrogen) atoms. The number of hydrogen-bond donors (Lipinski definition) is 0. The van der Waals surface area contributed by atoms with Gasteiger partial charge >= 0.3 is 0 Å². The summed E-state index contributed by atoms with van der Waals surface area (Å²) < 4.78 is 5.33. The van der Waals surface area contributed by atoms with Crippen LogP contribution in [0, 0.1) is 6.92 Å². The first-order valence-corrected chi connectivity index (χ1v) is 4.12. The molecule has 0 N–H and O–H groups in total. The second-order valence-corrected chi connectivity index (χ2v) is 2.71. The maximum atomic E-state index is 5.33. The third-order valence-corrected chi connectivity index (χ3v) is 1.80. The van der Waals surface area contributed by atoms with Gasteiger partial charge in [-0.2, -0.15) is 0 Å². The fourth-order valence-corrected chi connectivity index (χ4v) is 1.14. The average Bonchev–Trinajstić information content (AvgIpc) is 2.20. The molecule has 0 fully saturated rings. The summed E-state index contributed by atoms with van der Waals surface area (Å²) >= 11 is 0. The zero-order valence-corrected chi connectivity index (χ0v) is 7.36. The Bertz CT molecular complexity index is 336. The lowest BCUT2D eigenvalue weighted by atomic mass is 10.2. The maximum Gasteiger partial charge on any atom is 0.259 e. The van der Waals surface area contributed by atoms with Crippen LogP contribution in [0.4, 0.5) is 0 Å². The van der Waals surface area contributed by atoms with Gasteiger partial charge in [-0.1, -0.05) is 0 Å². The van der Waals surface area contributed by atoms with E-state index >= 15 is 0 Å². The predicted molar refractivity (Wildman–Crippen MR) is 47.4 cm³/mol. The summed E-state index contributed by atoms with van der Waals surface area (Å²) in [7, 11) is 0. The Balaban J connectivity index is 2.34. The van der Waals surface area contributed by atoms with Crippen LogP contribution in [-0.4, -0.2) is 24.1 Å². The third-order valence-electron chi connectivity index (χ3n) is 1.80. The topological polar surface area (TPSA) is 43.7 Å². The molecular formula is C9H10N2O2. The highest BCUT2D eigenvalue weighted by Crippen LogP contribution is 2.09. The summed E-state index contributed by atoms with van der Waals surface area (Å²) in [5, 5.41) is 3.81. The van der Waals surface area contributed by atoms with Crippen molar-refractivity contribution in [1.29, 1.82) is 0 Å². The van der Waals surface area contributed by atoms with Gasteiger partial charge in [0.05, 0.1) is 5.56 Å². The molecule has 1 aromatic rings. The molecule has 0 atom stereocenters. The van der Waals surface area contributed by atoms with Crippen LogP contribution >= 0.6 is 0 Å². The van der Waals surface area contributed by atoms with Crippen molar-refractivity contribution in [1.82, 2.24) is 4.98 Å². The molecule has 68 valence electrons. The average molecular weight is 178 g/mol. The SMILES string of the molecule is Cc1ncccc1C1=NOCCO1. The summed E-state index contributed by atoms with van der Waals surface area (Å²) in [6, 6.07) is 3.76. The molecule has 1 aromatic heterocycles. The van der Waals surface area contributed by atoms with Gasteiger partial charge in [-0.3, -0.25) is 4.98 Å². The van der Waals surface area contributed by atoms with Crippen LogP contribution in [0.5, 0.6) is 0 Å². The number of ether oxygens (including phenoxy) is 1. The Morgan fingerprint density at radius 1 is 1.38 bits per heavy atom. The van der Waals surface area contributed by atoms with E-state index in [0.29, 0.717) is 19.1 Å². The summed E-state index contributed by atoms with van der Waals surface area (Å²) in [5.74, 6) is 0.525. The van der Waals surface area contributed by atoms with Crippen molar-refractivity contribution >= 4 is 5.90 Å². The van der Waals surface area contributed by atoms with Crippen molar-refractivity contribution < 1.29 is 9.57 Å². The molecule has 1 aliphatic heterocycles. The molecule has 2 heterocycles. The molecule has 0 amide bonds. The van der Waals surface area contributed by atoms with E-state index in [1.54, 1.807) is 6.20 Å². The first-order valence-electron chi connectivity index (χ1n) is 4.12. The van der Waals surface area contributed by atoms with E-state index in [1.165, 1.54) is 0 Å². The van der Waals surface area contributed by atoms with Crippen LogP contribution in [0.15, 0.2) is 23.5 Å². The van der Waals surface area contributed by atoms with Crippen LogP contribution in [0.2, 0.25) is 0 Å². The number of nitrogens with zero attached hydrogens (tertiary/aromatic N) is 2.